The number of carbonyl (C=O) groups is 1. The van der Waals surface area contributed by atoms with Crippen molar-refractivity contribution in [2.45, 2.75) is 58.1 Å². The molecule has 0 radical (unpaired) electrons. The highest BCUT2D eigenvalue weighted by atomic mass is 32.2. The van der Waals surface area contributed by atoms with Gasteiger partial charge in [-0.3, -0.25) is 9.69 Å². The van der Waals surface area contributed by atoms with E-state index < -0.39 is 16.1 Å². The van der Waals surface area contributed by atoms with Crippen molar-refractivity contribution in [3.05, 3.63) is 70.8 Å². The van der Waals surface area contributed by atoms with Crippen LogP contribution in [0, 0.1) is 27.7 Å². The van der Waals surface area contributed by atoms with Gasteiger partial charge < -0.3 is 18.8 Å². The van der Waals surface area contributed by atoms with Crippen molar-refractivity contribution in [2.75, 3.05) is 46.4 Å². The number of benzene rings is 1. The van der Waals surface area contributed by atoms with E-state index >= 15 is 0 Å². The fraction of sp³-hybridized carbons (Fsp3) is 0.500. The van der Waals surface area contributed by atoms with Crippen LogP contribution in [0.2, 0.25) is 0 Å². The molecule has 1 fully saturated rings. The molecule has 1 saturated heterocycles. The zero-order chi connectivity index (χ0) is 28.6. The van der Waals surface area contributed by atoms with E-state index in [-0.39, 0.29) is 12.3 Å². The predicted octanol–water partition coefficient (Wildman–Crippen LogP) is 3.51. The minimum atomic E-state index is -3.86. The molecule has 1 amide bonds. The molecule has 0 saturated carbocycles. The van der Waals surface area contributed by atoms with E-state index in [9.17, 15) is 13.2 Å². The van der Waals surface area contributed by atoms with Gasteiger partial charge in [0.05, 0.1) is 18.0 Å². The van der Waals surface area contributed by atoms with E-state index in [0.717, 1.165) is 31.9 Å². The number of aryl methyl sites for hydroxylation is 4. The van der Waals surface area contributed by atoms with Gasteiger partial charge in [0, 0.05) is 82.1 Å². The Kier molecular flexibility index (Phi) is 8.13. The summed E-state index contributed by atoms with van der Waals surface area (Å²) in [6, 6.07) is 11.1. The molecule has 0 aliphatic carbocycles. The van der Waals surface area contributed by atoms with Crippen molar-refractivity contribution in [3.8, 4) is 5.75 Å². The SMILES string of the molecule is COc1cc(C)c(S(=O)(=O)N2CCn3cccc3C2CC(=O)N2CCN(CCn3c(C)ccc3C)CC2)c(C)c1. The monoisotopic (exact) mass is 567 g/mol. The lowest BCUT2D eigenvalue weighted by atomic mass is 10.1. The number of methoxy groups -OCH3 is 1. The molecule has 1 atom stereocenters. The van der Waals surface area contributed by atoms with Crippen LogP contribution >= 0.6 is 0 Å². The first-order valence-corrected chi connectivity index (χ1v) is 15.5. The number of hydrogen-bond donors (Lipinski definition) is 0. The smallest absolute Gasteiger partial charge is 0.244 e. The minimum absolute atomic E-state index is 0.000210. The van der Waals surface area contributed by atoms with Crippen LogP contribution in [0.4, 0.5) is 0 Å². The van der Waals surface area contributed by atoms with Crippen molar-refractivity contribution in [3.63, 3.8) is 0 Å². The topological polar surface area (TPSA) is 80.0 Å². The Hall–Kier alpha value is -3.08. The first-order valence-electron chi connectivity index (χ1n) is 14.0. The molecule has 2 aliphatic rings. The predicted molar refractivity (Wildman–Crippen MR) is 155 cm³/mol. The molecule has 216 valence electrons. The fourth-order valence-electron chi connectivity index (χ4n) is 6.30. The molecular formula is C30H41N5O4S. The van der Waals surface area contributed by atoms with Crippen LogP contribution in [0.3, 0.4) is 0 Å². The molecule has 2 aromatic heterocycles. The summed E-state index contributed by atoms with van der Waals surface area (Å²) in [5.74, 6) is 0.630. The molecule has 3 aromatic rings. The number of amides is 1. The van der Waals surface area contributed by atoms with Crippen LogP contribution in [-0.2, 0) is 27.9 Å². The highest BCUT2D eigenvalue weighted by molar-refractivity contribution is 7.89. The Morgan fingerprint density at radius 2 is 1.55 bits per heavy atom. The highest BCUT2D eigenvalue weighted by Gasteiger charge is 2.40. The Balaban J connectivity index is 1.30. The van der Waals surface area contributed by atoms with Gasteiger partial charge in [-0.15, -0.1) is 0 Å². The molecule has 40 heavy (non-hydrogen) atoms. The molecule has 4 heterocycles. The van der Waals surface area contributed by atoms with E-state index in [1.54, 1.807) is 37.4 Å². The lowest BCUT2D eigenvalue weighted by Crippen LogP contribution is -2.50. The molecule has 10 heteroatoms. The first-order chi connectivity index (χ1) is 19.1. The van der Waals surface area contributed by atoms with Gasteiger partial charge in [-0.1, -0.05) is 0 Å². The summed E-state index contributed by atoms with van der Waals surface area (Å²) in [6.45, 7) is 13.6. The van der Waals surface area contributed by atoms with E-state index in [1.807, 2.05) is 23.2 Å². The molecule has 9 nitrogen and oxygen atoms in total. The Labute approximate surface area is 238 Å². The quantitative estimate of drug-likeness (QED) is 0.416. The average molecular weight is 568 g/mol. The van der Waals surface area contributed by atoms with E-state index in [4.69, 9.17) is 4.74 Å². The van der Waals surface area contributed by atoms with Crippen LogP contribution in [0.5, 0.6) is 5.75 Å². The molecule has 2 aliphatic heterocycles. The van der Waals surface area contributed by atoms with Gasteiger partial charge in [-0.2, -0.15) is 4.31 Å². The molecule has 1 unspecified atom stereocenters. The third kappa shape index (κ3) is 5.44. The van der Waals surface area contributed by atoms with Gasteiger partial charge in [0.15, 0.2) is 0 Å². The zero-order valence-electron chi connectivity index (χ0n) is 24.3. The van der Waals surface area contributed by atoms with E-state index in [0.29, 0.717) is 48.0 Å². The Morgan fingerprint density at radius 3 is 2.17 bits per heavy atom. The lowest BCUT2D eigenvalue weighted by molar-refractivity contribution is -0.134. The number of piperazine rings is 1. The van der Waals surface area contributed by atoms with Crippen LogP contribution in [-0.4, -0.2) is 83.9 Å². The number of ether oxygens (including phenoxy) is 1. The number of fused-ring (bicyclic) bond motifs is 1. The van der Waals surface area contributed by atoms with Gasteiger partial charge in [-0.05, 0) is 75.2 Å². The molecule has 0 N–H and O–H groups in total. The van der Waals surface area contributed by atoms with Crippen molar-refractivity contribution < 1.29 is 17.9 Å². The molecule has 1 aromatic carbocycles. The maximum atomic E-state index is 14.1. The van der Waals surface area contributed by atoms with Crippen molar-refractivity contribution >= 4 is 15.9 Å². The van der Waals surface area contributed by atoms with Crippen molar-refractivity contribution in [1.29, 1.82) is 0 Å². The van der Waals surface area contributed by atoms with Gasteiger partial charge in [-0.25, -0.2) is 8.42 Å². The zero-order valence-corrected chi connectivity index (χ0v) is 25.1. The van der Waals surface area contributed by atoms with Crippen LogP contribution in [0.25, 0.3) is 0 Å². The second kappa shape index (κ2) is 11.4. The molecule has 0 bridgehead atoms. The van der Waals surface area contributed by atoms with Crippen LogP contribution in [0.15, 0.2) is 47.5 Å². The maximum absolute atomic E-state index is 14.1. The second-order valence-electron chi connectivity index (χ2n) is 11.0. The van der Waals surface area contributed by atoms with Gasteiger partial charge >= 0.3 is 0 Å². The standard InChI is InChI=1S/C30H41N5O4S/c1-22-19-26(39-5)20-23(2)30(22)40(37,38)35-18-16-32-10-6-7-27(32)28(35)21-29(36)33-14-11-31(12-15-33)13-17-34-24(3)8-9-25(34)4/h6-10,19-20,28H,11-18,21H2,1-5H3. The van der Waals surface area contributed by atoms with Crippen molar-refractivity contribution in [1.82, 2.24) is 23.2 Å². The number of rotatable bonds is 8. The summed E-state index contributed by atoms with van der Waals surface area (Å²) < 4.78 is 39.6. The number of nitrogens with zero attached hydrogens (tertiary/aromatic N) is 5. The number of hydrogen-bond acceptors (Lipinski definition) is 5. The third-order valence-electron chi connectivity index (χ3n) is 8.50. The van der Waals surface area contributed by atoms with Gasteiger partial charge in [0.2, 0.25) is 15.9 Å². The Morgan fingerprint density at radius 1 is 0.900 bits per heavy atom. The van der Waals surface area contributed by atoms with Crippen molar-refractivity contribution in [2.24, 2.45) is 0 Å². The summed E-state index contributed by atoms with van der Waals surface area (Å²) in [6.07, 6.45) is 2.09. The summed E-state index contributed by atoms with van der Waals surface area (Å²) >= 11 is 0. The highest BCUT2D eigenvalue weighted by Crippen LogP contribution is 2.37. The van der Waals surface area contributed by atoms with E-state index in [2.05, 4.69) is 40.0 Å². The minimum Gasteiger partial charge on any atom is -0.497 e. The maximum Gasteiger partial charge on any atom is 0.244 e. The van der Waals surface area contributed by atoms with Crippen LogP contribution in [0.1, 0.15) is 40.7 Å². The van der Waals surface area contributed by atoms with E-state index in [1.165, 1.54) is 11.4 Å². The van der Waals surface area contributed by atoms with Gasteiger partial charge in [0.1, 0.15) is 5.75 Å². The first kappa shape index (κ1) is 28.4. The summed E-state index contributed by atoms with van der Waals surface area (Å²) in [4.78, 5) is 18.2. The Bertz CT molecular complexity index is 1440. The molecule has 0 spiro atoms. The average Bonchev–Trinajstić information content (AvgIpc) is 3.53. The summed E-state index contributed by atoms with van der Waals surface area (Å²) in [5.41, 5.74) is 4.68. The number of aromatic nitrogens is 2. The summed E-state index contributed by atoms with van der Waals surface area (Å²) in [5, 5.41) is 0. The lowest BCUT2D eigenvalue weighted by Gasteiger charge is -2.39. The second-order valence-corrected chi connectivity index (χ2v) is 12.9. The van der Waals surface area contributed by atoms with Crippen LogP contribution < -0.4 is 4.74 Å². The molecular weight excluding hydrogens is 526 g/mol. The normalized spacial score (nSPS) is 18.6. The fourth-order valence-corrected chi connectivity index (χ4v) is 8.30. The number of carbonyl (C=O) groups excluding carboxylic acids is 1. The summed E-state index contributed by atoms with van der Waals surface area (Å²) in [7, 11) is -2.28. The number of sulfonamides is 1. The largest absolute Gasteiger partial charge is 0.497 e. The van der Waals surface area contributed by atoms with Gasteiger partial charge in [0.25, 0.3) is 0 Å². The third-order valence-corrected chi connectivity index (χ3v) is 10.7. The molecule has 5 rings (SSSR count).